The maximum Gasteiger partial charge on any atom is 0.420 e. The molecule has 0 unspecified atom stereocenters. The summed E-state index contributed by atoms with van der Waals surface area (Å²) < 4.78 is 36.1. The molecule has 78 valence electrons. The molecule has 0 saturated carbocycles. The minimum Gasteiger partial charge on any atom is -0.378 e. The summed E-state index contributed by atoms with van der Waals surface area (Å²) >= 11 is 10.8. The third-order valence-corrected chi connectivity index (χ3v) is 1.78. The number of halogens is 5. The zero-order valence-electron chi connectivity index (χ0n) is 6.52. The van der Waals surface area contributed by atoms with E-state index in [4.69, 9.17) is 28.3 Å². The van der Waals surface area contributed by atoms with E-state index in [-0.39, 0.29) is 10.2 Å². The number of pyridine rings is 1. The lowest BCUT2D eigenvalue weighted by atomic mass is 10.2. The molecule has 1 aromatic rings. The van der Waals surface area contributed by atoms with Gasteiger partial charge in [-0.1, -0.05) is 23.2 Å². The molecule has 1 heterocycles. The first-order valence-electron chi connectivity index (χ1n) is 3.38. The van der Waals surface area contributed by atoms with E-state index in [1.807, 2.05) is 0 Å². The fourth-order valence-electron chi connectivity index (χ4n) is 0.792. The molecule has 0 spiro atoms. The van der Waals surface area contributed by atoms with Crippen molar-refractivity contribution in [2.75, 3.05) is 0 Å². The van der Waals surface area contributed by atoms with Crippen molar-refractivity contribution in [3.8, 4) is 0 Å². The van der Waals surface area contributed by atoms with E-state index in [2.05, 4.69) is 4.98 Å². The van der Waals surface area contributed by atoms with Gasteiger partial charge in [0.1, 0.15) is 5.15 Å². The number of alkyl halides is 3. The number of rotatable bonds is 1. The van der Waals surface area contributed by atoms with E-state index < -0.39 is 18.0 Å². The van der Waals surface area contributed by atoms with E-state index in [9.17, 15) is 13.2 Å². The second kappa shape index (κ2) is 3.92. The Morgan fingerprint density at radius 3 is 2.29 bits per heavy atom. The Labute approximate surface area is 87.3 Å². The lowest BCUT2D eigenvalue weighted by Gasteiger charge is -2.13. The lowest BCUT2D eigenvalue weighted by molar-refractivity contribution is -0.207. The average molecular weight is 246 g/mol. The van der Waals surface area contributed by atoms with Crippen LogP contribution >= 0.6 is 23.2 Å². The van der Waals surface area contributed by atoms with Crippen LogP contribution in [0, 0.1) is 0 Å². The molecule has 0 saturated heterocycles. The van der Waals surface area contributed by atoms with Crippen molar-refractivity contribution in [3.63, 3.8) is 0 Å². The maximum atomic E-state index is 12.0. The van der Waals surface area contributed by atoms with E-state index in [1.54, 1.807) is 0 Å². The van der Waals surface area contributed by atoms with Gasteiger partial charge in [0.2, 0.25) is 0 Å². The van der Waals surface area contributed by atoms with Gasteiger partial charge < -0.3 is 5.11 Å². The Bertz CT molecular complexity index is 322. The predicted octanol–water partition coefficient (Wildman–Crippen LogP) is 2.98. The maximum absolute atomic E-state index is 12.0. The molecule has 1 N–H and O–H groups in total. The third-order valence-electron chi connectivity index (χ3n) is 1.37. The van der Waals surface area contributed by atoms with E-state index >= 15 is 0 Å². The summed E-state index contributed by atoms with van der Waals surface area (Å²) in [6.07, 6.45) is -7.44. The highest BCUT2D eigenvalue weighted by atomic mass is 35.5. The van der Waals surface area contributed by atoms with Crippen molar-refractivity contribution in [2.24, 2.45) is 0 Å². The highest BCUT2D eigenvalue weighted by Crippen LogP contribution is 2.32. The van der Waals surface area contributed by atoms with Crippen LogP contribution in [-0.2, 0) is 0 Å². The van der Waals surface area contributed by atoms with Gasteiger partial charge in [-0.3, -0.25) is 0 Å². The fraction of sp³-hybridized carbons (Fsp3) is 0.286. The number of hydrogen-bond acceptors (Lipinski definition) is 2. The van der Waals surface area contributed by atoms with Crippen molar-refractivity contribution in [1.82, 2.24) is 4.98 Å². The molecule has 0 aliphatic carbocycles. The third kappa shape index (κ3) is 2.73. The number of hydrogen-bond donors (Lipinski definition) is 1. The predicted molar refractivity (Wildman–Crippen MR) is 45.3 cm³/mol. The topological polar surface area (TPSA) is 33.1 Å². The smallest absolute Gasteiger partial charge is 0.378 e. The van der Waals surface area contributed by atoms with E-state index in [0.29, 0.717) is 0 Å². The van der Waals surface area contributed by atoms with Gasteiger partial charge in [0, 0.05) is 5.02 Å². The molecule has 1 rings (SSSR count). The van der Waals surface area contributed by atoms with Gasteiger partial charge in [0.25, 0.3) is 0 Å². The van der Waals surface area contributed by atoms with Gasteiger partial charge in [0.05, 0.1) is 5.69 Å². The first kappa shape index (κ1) is 11.6. The number of aliphatic hydroxyl groups excluding tert-OH is 1. The Balaban J connectivity index is 3.07. The van der Waals surface area contributed by atoms with Crippen LogP contribution in [0.15, 0.2) is 12.1 Å². The van der Waals surface area contributed by atoms with Crippen LogP contribution in [0.4, 0.5) is 13.2 Å². The summed E-state index contributed by atoms with van der Waals surface area (Å²) in [5.41, 5.74) is -0.616. The molecule has 0 aliphatic rings. The van der Waals surface area contributed by atoms with Crippen LogP contribution in [0.2, 0.25) is 10.2 Å². The summed E-state index contributed by atoms with van der Waals surface area (Å²) in [6, 6.07) is 2.08. The minimum atomic E-state index is -4.78. The number of nitrogens with zero attached hydrogens (tertiary/aromatic N) is 1. The first-order valence-corrected chi connectivity index (χ1v) is 4.14. The highest BCUT2D eigenvalue weighted by Gasteiger charge is 2.40. The van der Waals surface area contributed by atoms with Crippen LogP contribution in [0.5, 0.6) is 0 Å². The van der Waals surface area contributed by atoms with Crippen molar-refractivity contribution < 1.29 is 18.3 Å². The fourth-order valence-corrected chi connectivity index (χ4v) is 1.28. The zero-order chi connectivity index (χ0) is 10.9. The van der Waals surface area contributed by atoms with Crippen molar-refractivity contribution in [3.05, 3.63) is 28.0 Å². The van der Waals surface area contributed by atoms with Crippen molar-refractivity contribution in [2.45, 2.75) is 12.3 Å². The standard InChI is InChI=1S/C7H4Cl2F3NO/c8-3-1-4(13-5(9)2-3)6(14)7(10,11)12/h1-2,6,14H/t6-/m0/s1. The Hall–Kier alpha value is -0.520. The molecule has 0 aliphatic heterocycles. The molecule has 2 nitrogen and oxygen atoms in total. The largest absolute Gasteiger partial charge is 0.420 e. The minimum absolute atomic E-state index is 0.0108. The molecule has 0 bridgehead atoms. The second-order valence-corrected chi connectivity index (χ2v) is 3.30. The van der Waals surface area contributed by atoms with Crippen molar-refractivity contribution >= 4 is 23.2 Å². The normalized spacial score (nSPS) is 14.1. The summed E-state index contributed by atoms with van der Waals surface area (Å²) in [5, 5.41) is 8.59. The highest BCUT2D eigenvalue weighted by molar-refractivity contribution is 6.33. The van der Waals surface area contributed by atoms with Crippen LogP contribution in [0.3, 0.4) is 0 Å². The molecule has 0 radical (unpaired) electrons. The summed E-state index contributed by atoms with van der Waals surface area (Å²) in [4.78, 5) is 3.31. The molecule has 7 heteroatoms. The molecular weight excluding hydrogens is 242 g/mol. The summed E-state index contributed by atoms with van der Waals surface area (Å²) in [6.45, 7) is 0. The molecular formula is C7H4Cl2F3NO. The molecule has 0 aromatic carbocycles. The summed E-state index contributed by atoms with van der Waals surface area (Å²) in [5.74, 6) is 0. The van der Waals surface area contributed by atoms with Crippen LogP contribution in [0.25, 0.3) is 0 Å². The average Bonchev–Trinajstić information content (AvgIpc) is 1.99. The second-order valence-electron chi connectivity index (χ2n) is 2.48. The zero-order valence-corrected chi connectivity index (χ0v) is 8.03. The van der Waals surface area contributed by atoms with Crippen LogP contribution in [-0.4, -0.2) is 16.3 Å². The Morgan fingerprint density at radius 1 is 1.29 bits per heavy atom. The first-order chi connectivity index (χ1) is 6.30. The van der Waals surface area contributed by atoms with E-state index in [1.165, 1.54) is 6.07 Å². The van der Waals surface area contributed by atoms with Gasteiger partial charge in [-0.2, -0.15) is 13.2 Å². The molecule has 1 atom stereocenters. The molecule has 0 amide bonds. The van der Waals surface area contributed by atoms with Gasteiger partial charge >= 0.3 is 6.18 Å². The van der Waals surface area contributed by atoms with Crippen LogP contribution in [0.1, 0.15) is 11.8 Å². The molecule has 1 aromatic heterocycles. The van der Waals surface area contributed by atoms with Gasteiger partial charge in [0.15, 0.2) is 6.10 Å². The Kier molecular flexibility index (Phi) is 3.24. The van der Waals surface area contributed by atoms with Crippen molar-refractivity contribution in [1.29, 1.82) is 0 Å². The monoisotopic (exact) mass is 245 g/mol. The van der Waals surface area contributed by atoms with Gasteiger partial charge in [-0.25, -0.2) is 4.98 Å². The van der Waals surface area contributed by atoms with Crippen LogP contribution < -0.4 is 0 Å². The molecule has 14 heavy (non-hydrogen) atoms. The summed E-state index contributed by atoms with van der Waals surface area (Å²) in [7, 11) is 0. The Morgan fingerprint density at radius 2 is 1.86 bits per heavy atom. The van der Waals surface area contributed by atoms with Gasteiger partial charge in [-0.15, -0.1) is 0 Å². The SMILES string of the molecule is O[C@@H](c1cc(Cl)cc(Cl)n1)C(F)(F)F. The van der Waals surface area contributed by atoms with E-state index in [0.717, 1.165) is 6.07 Å². The quantitative estimate of drug-likeness (QED) is 0.772. The number of aromatic nitrogens is 1. The lowest BCUT2D eigenvalue weighted by Crippen LogP contribution is -2.21. The molecule has 0 fully saturated rings. The number of aliphatic hydroxyl groups is 1. The van der Waals surface area contributed by atoms with Gasteiger partial charge in [-0.05, 0) is 12.1 Å².